The van der Waals surface area contributed by atoms with Crippen LogP contribution in [0.4, 0.5) is 0 Å². The molecule has 150 valence electrons. The van der Waals surface area contributed by atoms with Crippen LogP contribution in [0.2, 0.25) is 5.02 Å². The summed E-state index contributed by atoms with van der Waals surface area (Å²) in [6.45, 7) is 9.90. The second kappa shape index (κ2) is 9.24. The van der Waals surface area contributed by atoms with Gasteiger partial charge >= 0.3 is 0 Å². The Balaban J connectivity index is 2.23. The summed E-state index contributed by atoms with van der Waals surface area (Å²) in [7, 11) is 0. The van der Waals surface area contributed by atoms with Gasteiger partial charge in [-0.2, -0.15) is 0 Å². The normalized spacial score (nSPS) is 12.4. The summed E-state index contributed by atoms with van der Waals surface area (Å²) in [5.74, 6) is -0.255. The highest BCUT2D eigenvalue weighted by Gasteiger charge is 2.28. The Morgan fingerprint density at radius 2 is 1.54 bits per heavy atom. The molecule has 0 spiro atoms. The van der Waals surface area contributed by atoms with Crippen molar-refractivity contribution in [3.63, 3.8) is 0 Å². The molecule has 0 unspecified atom stereocenters. The van der Waals surface area contributed by atoms with Gasteiger partial charge in [0.05, 0.1) is 6.42 Å². The van der Waals surface area contributed by atoms with Crippen molar-refractivity contribution in [2.45, 2.75) is 59.2 Å². The number of carbonyl (C=O) groups is 2. The van der Waals surface area contributed by atoms with Gasteiger partial charge in [-0.05, 0) is 57.9 Å². The van der Waals surface area contributed by atoms with E-state index in [-0.39, 0.29) is 23.8 Å². The molecule has 5 heteroatoms. The minimum atomic E-state index is -0.590. The first kappa shape index (κ1) is 22.0. The van der Waals surface area contributed by atoms with Crippen molar-refractivity contribution >= 4 is 23.4 Å². The van der Waals surface area contributed by atoms with Crippen LogP contribution in [0.15, 0.2) is 48.5 Å². The predicted molar refractivity (Wildman–Crippen MR) is 114 cm³/mol. The molecule has 0 saturated carbocycles. The largest absolute Gasteiger partial charge is 0.350 e. The lowest BCUT2D eigenvalue weighted by molar-refractivity contribution is -0.140. The fraction of sp³-hybridized carbons (Fsp3) is 0.391. The van der Waals surface area contributed by atoms with E-state index in [0.717, 1.165) is 16.7 Å². The van der Waals surface area contributed by atoms with Gasteiger partial charge in [0, 0.05) is 17.1 Å². The molecule has 0 saturated heterocycles. The van der Waals surface area contributed by atoms with Crippen LogP contribution in [0, 0.1) is 6.92 Å². The monoisotopic (exact) mass is 400 g/mol. The number of hydrogen-bond donors (Lipinski definition) is 1. The summed E-state index contributed by atoms with van der Waals surface area (Å²) in [6, 6.07) is 14.6. The smallest absolute Gasteiger partial charge is 0.242 e. The second-order valence-corrected chi connectivity index (χ2v) is 8.66. The van der Waals surface area contributed by atoms with Crippen molar-refractivity contribution in [2.24, 2.45) is 0 Å². The lowest BCUT2D eigenvalue weighted by atomic mass is 10.1. The number of halogens is 1. The van der Waals surface area contributed by atoms with E-state index in [1.54, 1.807) is 24.0 Å². The molecule has 2 rings (SSSR count). The van der Waals surface area contributed by atoms with Crippen LogP contribution >= 0.6 is 11.6 Å². The van der Waals surface area contributed by atoms with Gasteiger partial charge in [-0.1, -0.05) is 53.6 Å². The third-order valence-electron chi connectivity index (χ3n) is 4.41. The Morgan fingerprint density at radius 1 is 1.00 bits per heavy atom. The maximum absolute atomic E-state index is 13.1. The van der Waals surface area contributed by atoms with Crippen LogP contribution in [0.1, 0.15) is 44.4 Å². The van der Waals surface area contributed by atoms with E-state index in [2.05, 4.69) is 5.32 Å². The van der Waals surface area contributed by atoms with Crippen LogP contribution in [0.5, 0.6) is 0 Å². The first-order valence-electron chi connectivity index (χ1n) is 9.46. The van der Waals surface area contributed by atoms with Crippen LogP contribution in [-0.2, 0) is 22.6 Å². The van der Waals surface area contributed by atoms with Crippen LogP contribution in [0.3, 0.4) is 0 Å². The zero-order valence-corrected chi connectivity index (χ0v) is 18.0. The molecular formula is C23H29ClN2O2. The third-order valence-corrected chi connectivity index (χ3v) is 4.66. The Kier molecular flexibility index (Phi) is 7.25. The van der Waals surface area contributed by atoms with E-state index < -0.39 is 6.04 Å². The summed E-state index contributed by atoms with van der Waals surface area (Å²) in [4.78, 5) is 27.4. The standard InChI is InChI=1S/C23H29ClN2O2/c1-16-6-8-18(9-7-16)14-21(27)26(15-19-10-12-20(24)13-11-19)17(2)22(28)25-23(3,4)5/h6-13,17H,14-15H2,1-5H3,(H,25,28)/t17-/m1/s1. The average Bonchev–Trinajstić information content (AvgIpc) is 2.61. The summed E-state index contributed by atoms with van der Waals surface area (Å²) in [5.41, 5.74) is 2.64. The topological polar surface area (TPSA) is 49.4 Å². The minimum Gasteiger partial charge on any atom is -0.350 e. The highest BCUT2D eigenvalue weighted by atomic mass is 35.5. The number of rotatable bonds is 6. The molecule has 0 aliphatic heterocycles. The molecule has 0 fully saturated rings. The van der Waals surface area contributed by atoms with Gasteiger partial charge in [-0.25, -0.2) is 0 Å². The molecule has 0 aromatic heterocycles. The predicted octanol–water partition coefficient (Wildman–Crippen LogP) is 4.52. The van der Waals surface area contributed by atoms with Gasteiger partial charge in [-0.3, -0.25) is 9.59 Å². The highest BCUT2D eigenvalue weighted by Crippen LogP contribution is 2.16. The SMILES string of the molecule is Cc1ccc(CC(=O)N(Cc2ccc(Cl)cc2)[C@H](C)C(=O)NC(C)(C)C)cc1. The van der Waals surface area contributed by atoms with Gasteiger partial charge in [-0.15, -0.1) is 0 Å². The number of benzene rings is 2. The van der Waals surface area contributed by atoms with Crippen molar-refractivity contribution < 1.29 is 9.59 Å². The Bertz CT molecular complexity index is 808. The van der Waals surface area contributed by atoms with Crippen molar-refractivity contribution in [2.75, 3.05) is 0 Å². The number of amides is 2. The fourth-order valence-corrected chi connectivity index (χ4v) is 2.95. The van der Waals surface area contributed by atoms with Crippen LogP contribution < -0.4 is 5.32 Å². The van der Waals surface area contributed by atoms with E-state index in [9.17, 15) is 9.59 Å². The number of hydrogen-bond acceptors (Lipinski definition) is 2. The van der Waals surface area contributed by atoms with E-state index in [4.69, 9.17) is 11.6 Å². The van der Waals surface area contributed by atoms with Crippen molar-refractivity contribution in [1.82, 2.24) is 10.2 Å². The van der Waals surface area contributed by atoms with Crippen molar-refractivity contribution in [3.8, 4) is 0 Å². The lowest BCUT2D eigenvalue weighted by Gasteiger charge is -2.31. The maximum Gasteiger partial charge on any atom is 0.242 e. The third kappa shape index (κ3) is 6.68. The summed E-state index contributed by atoms with van der Waals surface area (Å²) in [5, 5.41) is 3.61. The zero-order valence-electron chi connectivity index (χ0n) is 17.3. The van der Waals surface area contributed by atoms with Gasteiger partial charge < -0.3 is 10.2 Å². The molecule has 2 aromatic carbocycles. The molecule has 0 radical (unpaired) electrons. The second-order valence-electron chi connectivity index (χ2n) is 8.23. The molecule has 0 aliphatic carbocycles. The molecule has 1 atom stereocenters. The molecular weight excluding hydrogens is 372 g/mol. The number of aryl methyl sites for hydroxylation is 1. The summed E-state index contributed by atoms with van der Waals surface area (Å²) in [6.07, 6.45) is 0.251. The molecule has 0 bridgehead atoms. The number of nitrogens with one attached hydrogen (secondary N) is 1. The zero-order chi connectivity index (χ0) is 20.9. The number of nitrogens with zero attached hydrogens (tertiary/aromatic N) is 1. The average molecular weight is 401 g/mol. The lowest BCUT2D eigenvalue weighted by Crippen LogP contribution is -2.52. The first-order valence-corrected chi connectivity index (χ1v) is 9.84. The molecule has 2 aromatic rings. The Morgan fingerprint density at radius 3 is 2.07 bits per heavy atom. The number of carbonyl (C=O) groups excluding carboxylic acids is 2. The van der Waals surface area contributed by atoms with Crippen molar-refractivity contribution in [1.29, 1.82) is 0 Å². The quantitative estimate of drug-likeness (QED) is 0.774. The fourth-order valence-electron chi connectivity index (χ4n) is 2.83. The molecule has 28 heavy (non-hydrogen) atoms. The van der Waals surface area contributed by atoms with Gasteiger partial charge in [0.2, 0.25) is 11.8 Å². The minimum absolute atomic E-state index is 0.0876. The van der Waals surface area contributed by atoms with Crippen LogP contribution in [0.25, 0.3) is 0 Å². The summed E-state index contributed by atoms with van der Waals surface area (Å²) < 4.78 is 0. The van der Waals surface area contributed by atoms with Gasteiger partial charge in [0.25, 0.3) is 0 Å². The van der Waals surface area contributed by atoms with E-state index in [1.807, 2.05) is 64.1 Å². The van der Waals surface area contributed by atoms with E-state index in [0.29, 0.717) is 11.6 Å². The first-order chi connectivity index (χ1) is 13.0. The van der Waals surface area contributed by atoms with Gasteiger partial charge in [0.1, 0.15) is 6.04 Å². The Hall–Kier alpha value is -2.33. The molecule has 2 amide bonds. The Labute approximate surface area is 172 Å². The molecule has 0 heterocycles. The highest BCUT2D eigenvalue weighted by molar-refractivity contribution is 6.30. The van der Waals surface area contributed by atoms with Crippen LogP contribution in [-0.4, -0.2) is 28.3 Å². The van der Waals surface area contributed by atoms with Crippen molar-refractivity contribution in [3.05, 3.63) is 70.2 Å². The van der Waals surface area contributed by atoms with E-state index >= 15 is 0 Å². The maximum atomic E-state index is 13.1. The molecule has 0 aliphatic rings. The molecule has 4 nitrogen and oxygen atoms in total. The molecule has 1 N–H and O–H groups in total. The summed E-state index contributed by atoms with van der Waals surface area (Å²) >= 11 is 5.97. The van der Waals surface area contributed by atoms with Gasteiger partial charge in [0.15, 0.2) is 0 Å². The van der Waals surface area contributed by atoms with E-state index in [1.165, 1.54) is 0 Å².